The van der Waals surface area contributed by atoms with Crippen molar-refractivity contribution in [1.29, 1.82) is 0 Å². The molecule has 5 heteroatoms. The zero-order valence-electron chi connectivity index (χ0n) is 12.2. The third kappa shape index (κ3) is 2.13. The molecule has 0 amide bonds. The van der Waals surface area contributed by atoms with Gasteiger partial charge in [0, 0.05) is 31.2 Å². The van der Waals surface area contributed by atoms with Crippen molar-refractivity contribution in [1.82, 2.24) is 15.0 Å². The Hall–Kier alpha value is -2.17. The Morgan fingerprint density at radius 3 is 2.43 bits per heavy atom. The Balaban J connectivity index is 1.59. The Morgan fingerprint density at radius 2 is 1.67 bits per heavy atom. The summed E-state index contributed by atoms with van der Waals surface area (Å²) < 4.78 is 0. The van der Waals surface area contributed by atoms with Gasteiger partial charge in [0.15, 0.2) is 0 Å². The quantitative estimate of drug-likeness (QED) is 0.843. The maximum atomic E-state index is 4.69. The summed E-state index contributed by atoms with van der Waals surface area (Å²) >= 11 is 0. The van der Waals surface area contributed by atoms with Gasteiger partial charge in [0.05, 0.1) is 12.1 Å². The Kier molecular flexibility index (Phi) is 2.98. The van der Waals surface area contributed by atoms with Gasteiger partial charge in [-0.15, -0.1) is 0 Å². The van der Waals surface area contributed by atoms with E-state index < -0.39 is 0 Å². The highest BCUT2D eigenvalue weighted by molar-refractivity contribution is 5.47. The van der Waals surface area contributed by atoms with Gasteiger partial charge in [0.1, 0.15) is 5.82 Å². The van der Waals surface area contributed by atoms with Gasteiger partial charge >= 0.3 is 0 Å². The van der Waals surface area contributed by atoms with Gasteiger partial charge in [0.25, 0.3) is 0 Å². The van der Waals surface area contributed by atoms with Gasteiger partial charge in [-0.25, -0.2) is 15.0 Å². The maximum absolute atomic E-state index is 4.69. The van der Waals surface area contributed by atoms with Crippen molar-refractivity contribution in [3.63, 3.8) is 0 Å². The minimum absolute atomic E-state index is 0.509. The summed E-state index contributed by atoms with van der Waals surface area (Å²) in [5.74, 6) is 1.97. The summed E-state index contributed by atoms with van der Waals surface area (Å²) in [7, 11) is 0. The molecule has 2 saturated heterocycles. The first-order chi connectivity index (χ1) is 10.3. The third-order valence-corrected chi connectivity index (χ3v) is 4.55. The van der Waals surface area contributed by atoms with Crippen molar-refractivity contribution in [2.45, 2.75) is 31.8 Å². The largest absolute Gasteiger partial charge is 0.351 e. The standard InChI is InChI=1S/C16H19N5/c1-12-4-2-5-15(19-12)20-10-6-14-13(20)7-11-21(14)16-17-8-3-9-18-16/h2-5,8-9,13-14H,6-7,10-11H2,1H3. The van der Waals surface area contributed by atoms with Crippen molar-refractivity contribution in [3.8, 4) is 0 Å². The van der Waals surface area contributed by atoms with Crippen LogP contribution in [0.1, 0.15) is 18.5 Å². The lowest BCUT2D eigenvalue weighted by Gasteiger charge is -2.26. The highest BCUT2D eigenvalue weighted by Gasteiger charge is 2.43. The molecule has 21 heavy (non-hydrogen) atoms. The van der Waals surface area contributed by atoms with E-state index in [1.807, 2.05) is 18.5 Å². The molecule has 2 aromatic rings. The van der Waals surface area contributed by atoms with E-state index in [1.54, 1.807) is 0 Å². The van der Waals surface area contributed by atoms with Crippen LogP contribution in [0.5, 0.6) is 0 Å². The van der Waals surface area contributed by atoms with Crippen molar-refractivity contribution in [2.75, 3.05) is 22.9 Å². The third-order valence-electron chi connectivity index (χ3n) is 4.55. The Morgan fingerprint density at radius 1 is 0.952 bits per heavy atom. The predicted octanol–water partition coefficient (Wildman–Crippen LogP) is 2.04. The van der Waals surface area contributed by atoms with E-state index in [4.69, 9.17) is 0 Å². The van der Waals surface area contributed by atoms with Gasteiger partial charge in [-0.3, -0.25) is 0 Å². The number of rotatable bonds is 2. The van der Waals surface area contributed by atoms with Crippen LogP contribution in [0.25, 0.3) is 0 Å². The van der Waals surface area contributed by atoms with Crippen molar-refractivity contribution in [2.24, 2.45) is 0 Å². The summed E-state index contributed by atoms with van der Waals surface area (Å²) in [6, 6.07) is 9.18. The van der Waals surface area contributed by atoms with Crippen LogP contribution in [0.3, 0.4) is 0 Å². The molecule has 0 bridgehead atoms. The number of nitrogens with zero attached hydrogens (tertiary/aromatic N) is 5. The molecule has 2 atom stereocenters. The summed E-state index contributed by atoms with van der Waals surface area (Å²) in [6.07, 6.45) is 5.95. The number of hydrogen-bond donors (Lipinski definition) is 0. The van der Waals surface area contributed by atoms with Crippen LogP contribution < -0.4 is 9.80 Å². The second kappa shape index (κ2) is 4.98. The molecule has 0 aromatic carbocycles. The number of hydrogen-bond acceptors (Lipinski definition) is 5. The van der Waals surface area contributed by atoms with E-state index >= 15 is 0 Å². The van der Waals surface area contributed by atoms with E-state index in [0.29, 0.717) is 12.1 Å². The zero-order chi connectivity index (χ0) is 14.2. The second-order valence-electron chi connectivity index (χ2n) is 5.78. The van der Waals surface area contributed by atoms with E-state index in [0.717, 1.165) is 43.4 Å². The van der Waals surface area contributed by atoms with Gasteiger partial charge in [-0.2, -0.15) is 0 Å². The zero-order valence-corrected chi connectivity index (χ0v) is 12.2. The normalized spacial score (nSPS) is 24.4. The van der Waals surface area contributed by atoms with Crippen LogP contribution in [0.2, 0.25) is 0 Å². The molecule has 0 radical (unpaired) electrons. The van der Waals surface area contributed by atoms with Crippen molar-refractivity contribution < 1.29 is 0 Å². The van der Waals surface area contributed by atoms with Crippen LogP contribution in [0.15, 0.2) is 36.7 Å². The lowest BCUT2D eigenvalue weighted by atomic mass is 10.1. The molecule has 0 N–H and O–H groups in total. The van der Waals surface area contributed by atoms with Crippen molar-refractivity contribution >= 4 is 11.8 Å². The molecule has 2 aromatic heterocycles. The summed E-state index contributed by atoms with van der Waals surface area (Å²) in [5, 5.41) is 0. The van der Waals surface area contributed by atoms with Crippen LogP contribution in [-0.4, -0.2) is 40.1 Å². The van der Waals surface area contributed by atoms with E-state index in [1.165, 1.54) is 0 Å². The average molecular weight is 281 g/mol. The SMILES string of the molecule is Cc1cccc(N2CCC3C2CCN3c2ncccn2)n1. The van der Waals surface area contributed by atoms with Gasteiger partial charge in [-0.05, 0) is 38.0 Å². The molecule has 4 heterocycles. The van der Waals surface area contributed by atoms with Crippen LogP contribution in [-0.2, 0) is 0 Å². The molecule has 108 valence electrons. The number of fused-ring (bicyclic) bond motifs is 1. The topological polar surface area (TPSA) is 45.2 Å². The van der Waals surface area contributed by atoms with Crippen LogP contribution in [0, 0.1) is 6.92 Å². The van der Waals surface area contributed by atoms with Gasteiger partial charge in [0.2, 0.25) is 5.95 Å². The number of anilines is 2. The number of aryl methyl sites for hydroxylation is 1. The smallest absolute Gasteiger partial charge is 0.225 e. The first kappa shape index (κ1) is 12.6. The lowest BCUT2D eigenvalue weighted by Crippen LogP contribution is -2.37. The molecule has 2 aliphatic heterocycles. The molecule has 0 aliphatic carbocycles. The first-order valence-corrected chi connectivity index (χ1v) is 7.57. The molecular weight excluding hydrogens is 262 g/mol. The summed E-state index contributed by atoms with van der Waals surface area (Å²) in [5.41, 5.74) is 1.08. The molecule has 5 nitrogen and oxygen atoms in total. The van der Waals surface area contributed by atoms with Gasteiger partial charge < -0.3 is 9.80 Å². The molecule has 0 saturated carbocycles. The minimum atomic E-state index is 0.509. The average Bonchev–Trinajstić information content (AvgIpc) is 3.09. The fourth-order valence-electron chi connectivity index (χ4n) is 3.65. The van der Waals surface area contributed by atoms with Crippen LogP contribution in [0.4, 0.5) is 11.8 Å². The summed E-state index contributed by atoms with van der Waals surface area (Å²) in [4.78, 5) is 18.3. The molecule has 2 unspecified atom stereocenters. The Bertz CT molecular complexity index is 630. The fourth-order valence-corrected chi connectivity index (χ4v) is 3.65. The summed E-state index contributed by atoms with van der Waals surface area (Å²) in [6.45, 7) is 4.15. The van der Waals surface area contributed by atoms with E-state index in [-0.39, 0.29) is 0 Å². The van der Waals surface area contributed by atoms with E-state index in [2.05, 4.69) is 49.9 Å². The molecular formula is C16H19N5. The second-order valence-corrected chi connectivity index (χ2v) is 5.78. The number of pyridine rings is 1. The maximum Gasteiger partial charge on any atom is 0.225 e. The van der Waals surface area contributed by atoms with Crippen LogP contribution >= 0.6 is 0 Å². The number of aromatic nitrogens is 3. The molecule has 2 fully saturated rings. The molecule has 2 aliphatic rings. The highest BCUT2D eigenvalue weighted by Crippen LogP contribution is 2.35. The van der Waals surface area contributed by atoms with Gasteiger partial charge in [-0.1, -0.05) is 6.07 Å². The predicted molar refractivity (Wildman–Crippen MR) is 82.5 cm³/mol. The lowest BCUT2D eigenvalue weighted by molar-refractivity contribution is 0.635. The van der Waals surface area contributed by atoms with E-state index in [9.17, 15) is 0 Å². The molecule has 4 rings (SSSR count). The molecule has 0 spiro atoms. The first-order valence-electron chi connectivity index (χ1n) is 7.57. The van der Waals surface area contributed by atoms with Crippen molar-refractivity contribution in [3.05, 3.63) is 42.4 Å². The minimum Gasteiger partial charge on any atom is -0.351 e. The fraction of sp³-hybridized carbons (Fsp3) is 0.438. The highest BCUT2D eigenvalue weighted by atomic mass is 15.4. The monoisotopic (exact) mass is 281 g/mol. The Labute approximate surface area is 124 Å².